The van der Waals surface area contributed by atoms with Gasteiger partial charge in [-0.15, -0.1) is 0 Å². The van der Waals surface area contributed by atoms with Gasteiger partial charge in [0.1, 0.15) is 0 Å². The second kappa shape index (κ2) is 5.27. The summed E-state index contributed by atoms with van der Waals surface area (Å²) >= 11 is 0. The summed E-state index contributed by atoms with van der Waals surface area (Å²) in [5.74, 6) is 0. The largest absolute Gasteiger partial charge is 0.375 e. The molecule has 1 aromatic carbocycles. The maximum atomic E-state index is 11.6. The fraction of sp³-hybridized carbons (Fsp3) is 0.333. The summed E-state index contributed by atoms with van der Waals surface area (Å²) in [6.07, 6.45) is 0.842. The highest BCUT2D eigenvalue weighted by atomic mass is 31.2. The molecule has 1 unspecified atom stereocenters. The Bertz CT molecular complexity index is 315. The summed E-state index contributed by atoms with van der Waals surface area (Å²) in [4.78, 5) is 9.48. The zero-order valence-corrected chi connectivity index (χ0v) is 8.91. The van der Waals surface area contributed by atoms with E-state index in [9.17, 15) is 9.46 Å². The van der Waals surface area contributed by atoms with Crippen LogP contribution in [0.25, 0.3) is 0 Å². The number of benzene rings is 1. The van der Waals surface area contributed by atoms with Gasteiger partial charge in [0.25, 0.3) is 0 Å². The summed E-state index contributed by atoms with van der Waals surface area (Å²) in [5.41, 5.74) is 2.46. The molecule has 0 amide bonds. The van der Waals surface area contributed by atoms with Crippen LogP contribution in [-0.4, -0.2) is 11.4 Å². The molecule has 1 aromatic rings. The fourth-order valence-electron chi connectivity index (χ4n) is 0.904. The van der Waals surface area contributed by atoms with Crippen LogP contribution in [-0.2, 0) is 9.19 Å². The lowest BCUT2D eigenvalue weighted by Crippen LogP contribution is -2.18. The van der Waals surface area contributed by atoms with Gasteiger partial charge in [-0.1, -0.05) is 25.1 Å². The molecular weight excluding hydrogens is 201 g/mol. The first-order chi connectivity index (χ1) is 6.67. The van der Waals surface area contributed by atoms with E-state index in [1.165, 1.54) is 0 Å². The second-order valence-electron chi connectivity index (χ2n) is 2.84. The van der Waals surface area contributed by atoms with E-state index >= 15 is 0 Å². The number of hydrogen-bond donors (Lipinski definition) is 2. The normalized spacial score (nSPS) is 15.0. The Labute approximate surface area is 83.4 Å². The van der Waals surface area contributed by atoms with Crippen LogP contribution in [0, 0.1) is 0 Å². The van der Waals surface area contributed by atoms with Gasteiger partial charge in [0.2, 0.25) is 0 Å². The maximum absolute atomic E-state index is 11.6. The lowest BCUT2D eigenvalue weighted by Gasteiger charge is -2.11. The van der Waals surface area contributed by atoms with Crippen molar-refractivity contribution < 1.29 is 14.1 Å². The summed E-state index contributed by atoms with van der Waals surface area (Å²) in [6, 6.07) is 8.30. The molecule has 0 fully saturated rings. The Hall–Kier alpha value is -0.670. The van der Waals surface area contributed by atoms with Crippen LogP contribution >= 0.6 is 7.60 Å². The number of rotatable bonds is 5. The first-order valence-corrected chi connectivity index (χ1v) is 6.04. The van der Waals surface area contributed by atoms with Gasteiger partial charge in [0.15, 0.2) is 0 Å². The van der Waals surface area contributed by atoms with Gasteiger partial charge in [-0.3, -0.25) is 4.57 Å². The average Bonchev–Trinajstić information content (AvgIpc) is 2.19. The van der Waals surface area contributed by atoms with Gasteiger partial charge in [-0.25, -0.2) is 4.62 Å². The average molecular weight is 215 g/mol. The van der Waals surface area contributed by atoms with Crippen LogP contribution in [0.15, 0.2) is 30.3 Å². The Balaban J connectivity index is 2.62. The molecule has 5 heteroatoms. The highest BCUT2D eigenvalue weighted by molar-refractivity contribution is 7.61. The predicted octanol–water partition coefficient (Wildman–Crippen LogP) is 1.43. The van der Waals surface area contributed by atoms with Crippen molar-refractivity contribution in [1.82, 2.24) is 5.48 Å². The van der Waals surface area contributed by atoms with E-state index in [1.807, 2.05) is 6.92 Å². The van der Waals surface area contributed by atoms with Crippen LogP contribution < -0.4 is 10.8 Å². The van der Waals surface area contributed by atoms with E-state index in [2.05, 4.69) is 5.48 Å². The van der Waals surface area contributed by atoms with Crippen LogP contribution in [0.3, 0.4) is 0 Å². The maximum Gasteiger partial charge on any atom is 0.375 e. The lowest BCUT2D eigenvalue weighted by atomic mass is 10.4. The van der Waals surface area contributed by atoms with Crippen molar-refractivity contribution >= 4 is 12.9 Å². The molecular formula is C9H14NO3P. The molecule has 4 nitrogen and oxygen atoms in total. The first-order valence-electron chi connectivity index (χ1n) is 4.46. The van der Waals surface area contributed by atoms with E-state index < -0.39 is 7.60 Å². The van der Waals surface area contributed by atoms with Crippen LogP contribution in [0.5, 0.6) is 0 Å². The van der Waals surface area contributed by atoms with E-state index in [4.69, 9.17) is 4.62 Å². The third kappa shape index (κ3) is 3.24. The molecule has 0 spiro atoms. The topological polar surface area (TPSA) is 58.6 Å². The Morgan fingerprint density at radius 1 is 1.43 bits per heavy atom. The molecule has 1 atom stereocenters. The Morgan fingerprint density at radius 2 is 2.07 bits per heavy atom. The van der Waals surface area contributed by atoms with E-state index in [0.717, 1.165) is 6.42 Å². The first kappa shape index (κ1) is 11.4. The van der Waals surface area contributed by atoms with Gasteiger partial charge < -0.3 is 4.89 Å². The second-order valence-corrected chi connectivity index (χ2v) is 4.58. The smallest absolute Gasteiger partial charge is 0.320 e. The molecule has 0 saturated carbocycles. The molecule has 0 radical (unpaired) electrons. The van der Waals surface area contributed by atoms with Crippen LogP contribution in [0.4, 0.5) is 0 Å². The van der Waals surface area contributed by atoms with Crippen molar-refractivity contribution in [3.63, 3.8) is 0 Å². The third-order valence-corrected chi connectivity index (χ3v) is 2.95. The van der Waals surface area contributed by atoms with Crippen molar-refractivity contribution in [3.8, 4) is 0 Å². The SMILES string of the molecule is CCCNOP(=O)(O)c1ccccc1. The molecule has 0 saturated heterocycles. The van der Waals surface area contributed by atoms with Crippen LogP contribution in [0.1, 0.15) is 13.3 Å². The minimum atomic E-state index is -3.69. The number of hydroxylamine groups is 1. The molecule has 0 aliphatic heterocycles. The third-order valence-electron chi connectivity index (χ3n) is 1.62. The summed E-state index contributed by atoms with van der Waals surface area (Å²) in [5, 5.41) is 0.295. The van der Waals surface area contributed by atoms with E-state index in [0.29, 0.717) is 11.8 Å². The predicted molar refractivity (Wildman–Crippen MR) is 55.3 cm³/mol. The van der Waals surface area contributed by atoms with Crippen molar-refractivity contribution in [1.29, 1.82) is 0 Å². The van der Waals surface area contributed by atoms with Gasteiger partial charge in [-0.05, 0) is 18.6 Å². The Kier molecular flexibility index (Phi) is 4.29. The minimum Gasteiger partial charge on any atom is -0.320 e. The molecule has 14 heavy (non-hydrogen) atoms. The van der Waals surface area contributed by atoms with Gasteiger partial charge in [0, 0.05) is 6.54 Å². The number of nitrogens with one attached hydrogen (secondary N) is 1. The van der Waals surface area contributed by atoms with Crippen molar-refractivity contribution in [3.05, 3.63) is 30.3 Å². The zero-order valence-electron chi connectivity index (χ0n) is 8.01. The molecule has 0 heterocycles. The lowest BCUT2D eigenvalue weighted by molar-refractivity contribution is 0.173. The highest BCUT2D eigenvalue weighted by Gasteiger charge is 2.21. The standard InChI is InChI=1S/C9H14NO3P/c1-2-8-10-13-14(11,12)9-6-4-3-5-7-9/h3-7,10H,2,8H2,1H3,(H,11,12). The summed E-state index contributed by atoms with van der Waals surface area (Å²) < 4.78 is 16.3. The highest BCUT2D eigenvalue weighted by Crippen LogP contribution is 2.38. The fourth-order valence-corrected chi connectivity index (χ4v) is 1.82. The molecule has 2 N–H and O–H groups in total. The van der Waals surface area contributed by atoms with Gasteiger partial charge in [-0.2, -0.15) is 5.48 Å². The monoisotopic (exact) mass is 215 g/mol. The van der Waals surface area contributed by atoms with Crippen LogP contribution in [0.2, 0.25) is 0 Å². The van der Waals surface area contributed by atoms with Crippen molar-refractivity contribution in [2.45, 2.75) is 13.3 Å². The van der Waals surface area contributed by atoms with Crippen molar-refractivity contribution in [2.24, 2.45) is 0 Å². The van der Waals surface area contributed by atoms with Crippen molar-refractivity contribution in [2.75, 3.05) is 6.54 Å². The summed E-state index contributed by atoms with van der Waals surface area (Å²) in [6.45, 7) is 2.50. The van der Waals surface area contributed by atoms with E-state index in [-0.39, 0.29) is 0 Å². The molecule has 78 valence electrons. The number of hydrogen-bond acceptors (Lipinski definition) is 3. The molecule has 1 rings (SSSR count). The molecule has 0 aliphatic carbocycles. The molecule has 0 aliphatic rings. The molecule has 0 bridgehead atoms. The minimum absolute atomic E-state index is 0.295. The van der Waals surface area contributed by atoms with E-state index in [1.54, 1.807) is 30.3 Å². The Morgan fingerprint density at radius 3 is 2.64 bits per heavy atom. The zero-order chi connectivity index (χ0) is 10.4. The van der Waals surface area contributed by atoms with Gasteiger partial charge in [0.05, 0.1) is 5.30 Å². The summed E-state index contributed by atoms with van der Waals surface area (Å²) in [7, 11) is -3.69. The molecule has 0 aromatic heterocycles. The van der Waals surface area contributed by atoms with Gasteiger partial charge >= 0.3 is 7.60 Å². The quantitative estimate of drug-likeness (QED) is 0.443.